The number of nitrogens with zero attached hydrogens (tertiary/aromatic N) is 4. The Hall–Kier alpha value is -3.27. The molecule has 0 radical (unpaired) electrons. The molecule has 0 atom stereocenters. The second-order valence-corrected chi connectivity index (χ2v) is 8.33. The molecular formula is C21H25N5O4S. The van der Waals surface area contributed by atoms with Crippen molar-refractivity contribution in [3.8, 4) is 5.75 Å². The minimum absolute atomic E-state index is 0.128. The molecule has 164 valence electrons. The van der Waals surface area contributed by atoms with Gasteiger partial charge in [0.1, 0.15) is 17.4 Å². The third-order valence-electron chi connectivity index (χ3n) is 4.63. The summed E-state index contributed by atoms with van der Waals surface area (Å²) in [5, 5.41) is 14.9. The zero-order valence-corrected chi connectivity index (χ0v) is 18.9. The van der Waals surface area contributed by atoms with Crippen LogP contribution in [-0.4, -0.2) is 38.7 Å². The molecule has 0 aliphatic rings. The number of thiophene rings is 1. The van der Waals surface area contributed by atoms with Gasteiger partial charge in [0.2, 0.25) is 0 Å². The Bertz CT molecular complexity index is 1070. The first-order valence-electron chi connectivity index (χ1n) is 9.89. The van der Waals surface area contributed by atoms with Crippen LogP contribution in [-0.2, 0) is 11.3 Å². The molecule has 0 aliphatic carbocycles. The summed E-state index contributed by atoms with van der Waals surface area (Å²) in [6.07, 6.45) is 0. The fourth-order valence-electron chi connectivity index (χ4n) is 2.90. The molecule has 0 saturated carbocycles. The molecule has 2 aromatic heterocycles. The third kappa shape index (κ3) is 5.08. The molecule has 1 aromatic carbocycles. The summed E-state index contributed by atoms with van der Waals surface area (Å²) in [6.45, 7) is 9.94. The number of benzene rings is 1. The van der Waals surface area contributed by atoms with E-state index in [1.165, 1.54) is 11.3 Å². The van der Waals surface area contributed by atoms with Crippen molar-refractivity contribution in [2.24, 2.45) is 0 Å². The molecule has 2 heterocycles. The second kappa shape index (κ2) is 9.69. The summed E-state index contributed by atoms with van der Waals surface area (Å²) in [7, 11) is 0. The number of hydrogen-bond donors (Lipinski definition) is 1. The molecule has 0 aliphatic heterocycles. The predicted molar refractivity (Wildman–Crippen MR) is 117 cm³/mol. The molecule has 1 amide bonds. The molecule has 3 rings (SSSR count). The maximum absolute atomic E-state index is 12.7. The largest absolute Gasteiger partial charge is 0.486 e. The van der Waals surface area contributed by atoms with Crippen LogP contribution in [0.3, 0.4) is 0 Å². The van der Waals surface area contributed by atoms with Crippen LogP contribution in [0.2, 0.25) is 0 Å². The fourth-order valence-corrected chi connectivity index (χ4v) is 3.94. The summed E-state index contributed by atoms with van der Waals surface area (Å²) >= 11 is 1.35. The van der Waals surface area contributed by atoms with Gasteiger partial charge in [-0.25, -0.2) is 9.48 Å². The standard InChI is InChI=1S/C21H25N5O4S/c1-6-29-21(28)18-13(4)14(5)31-20(18)22-19(27)15-7-9-16(10-8-15)30-11-17-23-24-25-26(17)12(2)3/h7-10,12H,6,11H2,1-5H3,(H,22,27). The van der Waals surface area contributed by atoms with Gasteiger partial charge in [0.05, 0.1) is 18.2 Å². The quantitative estimate of drug-likeness (QED) is 0.525. The van der Waals surface area contributed by atoms with Gasteiger partial charge in [0, 0.05) is 10.4 Å². The van der Waals surface area contributed by atoms with Crippen molar-refractivity contribution < 1.29 is 19.1 Å². The highest BCUT2D eigenvalue weighted by molar-refractivity contribution is 7.16. The zero-order chi connectivity index (χ0) is 22.5. The van der Waals surface area contributed by atoms with Crippen LogP contribution in [0.25, 0.3) is 0 Å². The number of esters is 1. The van der Waals surface area contributed by atoms with E-state index in [0.29, 0.717) is 27.7 Å². The van der Waals surface area contributed by atoms with Gasteiger partial charge in [-0.05, 0) is 74.9 Å². The highest BCUT2D eigenvalue weighted by Gasteiger charge is 2.22. The number of ether oxygens (including phenoxy) is 2. The molecule has 0 bridgehead atoms. The van der Waals surface area contributed by atoms with Gasteiger partial charge in [-0.3, -0.25) is 4.79 Å². The molecule has 0 unspecified atom stereocenters. The van der Waals surface area contributed by atoms with Crippen molar-refractivity contribution in [2.45, 2.75) is 47.3 Å². The van der Waals surface area contributed by atoms with Crippen molar-refractivity contribution in [1.82, 2.24) is 20.2 Å². The number of aryl methyl sites for hydroxylation is 1. The number of anilines is 1. The fraction of sp³-hybridized carbons (Fsp3) is 0.381. The van der Waals surface area contributed by atoms with Gasteiger partial charge in [0.25, 0.3) is 5.91 Å². The molecule has 9 nitrogen and oxygen atoms in total. The summed E-state index contributed by atoms with van der Waals surface area (Å²) in [5.41, 5.74) is 1.66. The zero-order valence-electron chi connectivity index (χ0n) is 18.1. The van der Waals surface area contributed by atoms with E-state index in [1.54, 1.807) is 35.9 Å². The van der Waals surface area contributed by atoms with Crippen LogP contribution >= 0.6 is 11.3 Å². The minimum atomic E-state index is -0.438. The monoisotopic (exact) mass is 443 g/mol. The predicted octanol–water partition coefficient (Wildman–Crippen LogP) is 3.94. The van der Waals surface area contributed by atoms with Gasteiger partial charge >= 0.3 is 5.97 Å². The number of carbonyl (C=O) groups is 2. The highest BCUT2D eigenvalue weighted by Crippen LogP contribution is 2.33. The Labute approximate surface area is 184 Å². The number of nitrogens with one attached hydrogen (secondary N) is 1. The van der Waals surface area contributed by atoms with Gasteiger partial charge in [-0.2, -0.15) is 0 Å². The van der Waals surface area contributed by atoms with Crippen molar-refractivity contribution in [3.05, 3.63) is 51.7 Å². The summed E-state index contributed by atoms with van der Waals surface area (Å²) in [4.78, 5) is 26.0. The molecule has 1 N–H and O–H groups in total. The van der Waals surface area contributed by atoms with Crippen LogP contribution in [0.15, 0.2) is 24.3 Å². The first-order valence-corrected chi connectivity index (χ1v) is 10.7. The van der Waals surface area contributed by atoms with Crippen molar-refractivity contribution >= 4 is 28.2 Å². The van der Waals surface area contributed by atoms with Crippen LogP contribution in [0.1, 0.15) is 63.8 Å². The lowest BCUT2D eigenvalue weighted by molar-refractivity contribution is 0.0527. The number of carbonyl (C=O) groups excluding carboxylic acids is 2. The van der Waals surface area contributed by atoms with Gasteiger partial charge in [-0.1, -0.05) is 0 Å². The maximum atomic E-state index is 12.7. The number of aromatic nitrogens is 4. The molecule has 10 heteroatoms. The average Bonchev–Trinajstić information content (AvgIpc) is 3.31. The Kier molecular flexibility index (Phi) is 7.01. The lowest BCUT2D eigenvalue weighted by atomic mass is 10.1. The van der Waals surface area contributed by atoms with E-state index < -0.39 is 5.97 Å². The topological polar surface area (TPSA) is 108 Å². The van der Waals surface area contributed by atoms with Crippen molar-refractivity contribution in [2.75, 3.05) is 11.9 Å². The highest BCUT2D eigenvalue weighted by atomic mass is 32.1. The van der Waals surface area contributed by atoms with E-state index in [-0.39, 0.29) is 25.2 Å². The van der Waals surface area contributed by atoms with Gasteiger partial charge in [-0.15, -0.1) is 16.4 Å². The first-order chi connectivity index (χ1) is 14.8. The SMILES string of the molecule is CCOC(=O)c1c(NC(=O)c2ccc(OCc3nnnn3C(C)C)cc2)sc(C)c1C. The second-order valence-electron chi connectivity index (χ2n) is 7.11. The average molecular weight is 444 g/mol. The summed E-state index contributed by atoms with van der Waals surface area (Å²) in [6, 6.07) is 6.86. The molecule has 3 aromatic rings. The van der Waals surface area contributed by atoms with Crippen molar-refractivity contribution in [1.29, 1.82) is 0 Å². The molecule has 0 fully saturated rings. The summed E-state index contributed by atoms with van der Waals surface area (Å²) in [5.74, 6) is 0.450. The number of rotatable bonds is 8. The van der Waals surface area contributed by atoms with E-state index in [2.05, 4.69) is 20.8 Å². The molecule has 31 heavy (non-hydrogen) atoms. The maximum Gasteiger partial charge on any atom is 0.341 e. The van der Waals surface area contributed by atoms with Crippen LogP contribution < -0.4 is 10.1 Å². The summed E-state index contributed by atoms with van der Waals surface area (Å²) < 4.78 is 12.6. The lowest BCUT2D eigenvalue weighted by Gasteiger charge is -2.10. The van der Waals surface area contributed by atoms with E-state index in [4.69, 9.17) is 9.47 Å². The van der Waals surface area contributed by atoms with E-state index >= 15 is 0 Å². The van der Waals surface area contributed by atoms with Gasteiger partial charge in [0.15, 0.2) is 5.82 Å². The van der Waals surface area contributed by atoms with Crippen LogP contribution in [0.5, 0.6) is 5.75 Å². The number of amides is 1. The molecular weight excluding hydrogens is 418 g/mol. The third-order valence-corrected chi connectivity index (χ3v) is 5.75. The minimum Gasteiger partial charge on any atom is -0.486 e. The molecule has 0 saturated heterocycles. The first kappa shape index (κ1) is 22.4. The van der Waals surface area contributed by atoms with E-state index in [0.717, 1.165) is 10.4 Å². The van der Waals surface area contributed by atoms with Crippen LogP contribution in [0, 0.1) is 13.8 Å². The normalized spacial score (nSPS) is 10.9. The van der Waals surface area contributed by atoms with Crippen LogP contribution in [0.4, 0.5) is 5.00 Å². The Morgan fingerprint density at radius 2 is 1.90 bits per heavy atom. The Morgan fingerprint density at radius 1 is 1.19 bits per heavy atom. The number of hydrogen-bond acceptors (Lipinski definition) is 8. The molecule has 0 spiro atoms. The van der Waals surface area contributed by atoms with Gasteiger partial charge < -0.3 is 14.8 Å². The van der Waals surface area contributed by atoms with Crippen molar-refractivity contribution in [3.63, 3.8) is 0 Å². The smallest absolute Gasteiger partial charge is 0.341 e. The van der Waals surface area contributed by atoms with E-state index in [9.17, 15) is 9.59 Å². The lowest BCUT2D eigenvalue weighted by Crippen LogP contribution is -2.15. The van der Waals surface area contributed by atoms with E-state index in [1.807, 2.05) is 27.7 Å². The Balaban J connectivity index is 1.68. The Morgan fingerprint density at radius 3 is 2.55 bits per heavy atom. The number of tetrazole rings is 1.